The zero-order chi connectivity index (χ0) is 69.8. The van der Waals surface area contributed by atoms with Gasteiger partial charge >= 0.3 is 48.5 Å². The second-order valence-electron chi connectivity index (χ2n) is 23.5. The van der Waals surface area contributed by atoms with Gasteiger partial charge in [-0.05, 0) is 128 Å². The Labute approximate surface area is 572 Å². The monoisotopic (exact) mass is 1360 g/mol. The lowest BCUT2D eigenvalue weighted by Crippen LogP contribution is -2.56. The number of nitrogens with one attached hydrogen (secondary N) is 12. The zero-order valence-electron chi connectivity index (χ0n) is 57.9. The fraction of sp³-hybridized carbons (Fsp3) is 0.765. The van der Waals surface area contributed by atoms with E-state index in [1.54, 1.807) is 0 Å². The molecule has 2 fully saturated rings. The van der Waals surface area contributed by atoms with E-state index in [1.165, 1.54) is 25.0 Å². The molecule has 28 nitrogen and oxygen atoms in total. The van der Waals surface area contributed by atoms with Crippen LogP contribution in [-0.2, 0) is 37.9 Å². The number of ether oxygens (including phenoxy) is 8. The van der Waals surface area contributed by atoms with Crippen LogP contribution < -0.4 is 63.8 Å². The first kappa shape index (κ1) is 86.3. The average molecular weight is 1370 g/mol. The fourth-order valence-corrected chi connectivity index (χ4v) is 10.2. The lowest BCUT2D eigenvalue weighted by atomic mass is 9.90. The van der Waals surface area contributed by atoms with E-state index >= 15 is 0 Å². The van der Waals surface area contributed by atoms with Crippen LogP contribution in [0.2, 0.25) is 0 Å². The average Bonchev–Trinajstić information content (AvgIpc) is 1.50. The van der Waals surface area contributed by atoms with Crippen LogP contribution in [0.15, 0.2) is 51.4 Å². The van der Waals surface area contributed by atoms with Crippen LogP contribution in [-0.4, -0.2) is 178 Å². The summed E-state index contributed by atoms with van der Waals surface area (Å²) >= 11 is 0. The Morgan fingerprint density at radius 1 is 0.250 bits per heavy atom. The summed E-state index contributed by atoms with van der Waals surface area (Å²) in [6.07, 6.45) is 31.8. The van der Waals surface area contributed by atoms with Crippen LogP contribution in [0.4, 0.5) is 38.4 Å². The number of carbonyl (C=O) groups is 8. The molecule has 0 aromatic heterocycles. The maximum absolute atomic E-state index is 12.5. The summed E-state index contributed by atoms with van der Waals surface area (Å²) in [4.78, 5) is 96.7. The van der Waals surface area contributed by atoms with E-state index in [2.05, 4.69) is 90.1 Å². The molecule has 0 heterocycles. The van der Waals surface area contributed by atoms with E-state index in [4.69, 9.17) is 37.9 Å². The van der Waals surface area contributed by atoms with E-state index in [0.717, 1.165) is 205 Å². The van der Waals surface area contributed by atoms with Gasteiger partial charge < -0.3 is 102 Å². The van der Waals surface area contributed by atoms with Gasteiger partial charge in [-0.15, -0.1) is 0 Å². The topological polar surface area (TPSA) is 355 Å². The lowest BCUT2D eigenvalue weighted by molar-refractivity contribution is 0.139. The van der Waals surface area contributed by atoms with Gasteiger partial charge in [0.15, 0.2) is 0 Å². The van der Waals surface area contributed by atoms with Gasteiger partial charge in [0, 0.05) is 52.4 Å². The molecule has 2 aliphatic rings. The molecule has 2 saturated carbocycles. The predicted octanol–water partition coefficient (Wildman–Crippen LogP) is 10.7. The van der Waals surface area contributed by atoms with Crippen molar-refractivity contribution in [3.05, 3.63) is 51.4 Å². The maximum atomic E-state index is 12.5. The first-order valence-corrected chi connectivity index (χ1v) is 35.6. The highest BCUT2D eigenvalue weighted by Crippen LogP contribution is 2.20. The number of hydrogen-bond acceptors (Lipinski definition) is 16. The van der Waals surface area contributed by atoms with Gasteiger partial charge in [0.2, 0.25) is 0 Å². The van der Waals surface area contributed by atoms with Gasteiger partial charge in [-0.1, -0.05) is 103 Å². The van der Waals surface area contributed by atoms with Gasteiger partial charge in [-0.25, -0.2) is 38.4 Å². The smallest absolute Gasteiger partial charge is 0.407 e. The molecule has 0 aliphatic heterocycles. The molecule has 12 N–H and O–H groups in total. The molecular formula is C68H124N12O16. The summed E-state index contributed by atoms with van der Waals surface area (Å²) in [5, 5.41) is 34.9. The maximum Gasteiger partial charge on any atom is 0.407 e. The van der Waals surface area contributed by atoms with E-state index < -0.39 is 24.4 Å². The Kier molecular flexibility index (Phi) is 58.1. The third kappa shape index (κ3) is 55.6. The van der Waals surface area contributed by atoms with E-state index in [9.17, 15) is 38.4 Å². The number of amides is 12. The Morgan fingerprint density at radius 3 is 0.615 bits per heavy atom. The predicted molar refractivity (Wildman–Crippen MR) is 371 cm³/mol. The quantitative estimate of drug-likeness (QED) is 0.0153. The molecule has 0 spiro atoms. The molecule has 552 valence electrons. The normalized spacial score (nSPS) is 15.2. The Morgan fingerprint density at radius 2 is 0.427 bits per heavy atom. The van der Waals surface area contributed by atoms with Crippen LogP contribution in [0.5, 0.6) is 0 Å². The van der Waals surface area contributed by atoms with Gasteiger partial charge in [0.25, 0.3) is 0 Å². The van der Waals surface area contributed by atoms with Gasteiger partial charge in [0.05, 0.1) is 102 Å². The summed E-state index contributed by atoms with van der Waals surface area (Å²) in [6, 6.07) is -1.30. The standard InChI is InChI=1S/2C34H62N6O8/c2*1-3-45-25-15-17-27-47-33(43)37-23-13-7-5-11-21-35-31(41)39-29-19-9-10-20-30(29)40-32(42)36-22-12-6-8-14-24-38-34(44)48-28-18-16-26-46-4-2/h2*3-4,29-30H,1-2,5-28H2,(H,37,43)(H,38,44)(H2,35,39,41)(H2,36,40,42)/t2*29-,30-/m10/s1. The minimum absolute atomic E-state index is 0.110. The van der Waals surface area contributed by atoms with E-state index in [1.807, 2.05) is 0 Å². The second-order valence-corrected chi connectivity index (χ2v) is 23.5. The van der Waals surface area contributed by atoms with E-state index in [-0.39, 0.29) is 48.3 Å². The minimum Gasteiger partial charge on any atom is -0.502 e. The first-order chi connectivity index (χ1) is 46.9. The third-order valence-corrected chi connectivity index (χ3v) is 15.5. The van der Waals surface area contributed by atoms with Crippen molar-refractivity contribution >= 4 is 48.5 Å². The van der Waals surface area contributed by atoms with Crippen LogP contribution in [0.1, 0.15) is 205 Å². The molecule has 28 heteroatoms. The highest BCUT2D eigenvalue weighted by Gasteiger charge is 2.29. The third-order valence-electron chi connectivity index (χ3n) is 15.5. The van der Waals surface area contributed by atoms with Crippen molar-refractivity contribution < 1.29 is 76.3 Å². The SMILES string of the molecule is C=COCCCCOC(=O)NCCCCCCNC(=O)N[C@@H]1CCCC[C@H]1NC(=O)NCCCCCCNC(=O)OCCCCOC=C.C=COCCCCOC(=O)NCCCCCCNC(=O)N[C@H]1CCCC[C@@H]1NC(=O)NCCCCCCNC(=O)OCCCCOC=C. The highest BCUT2D eigenvalue weighted by molar-refractivity contribution is 5.77. The molecule has 12 amide bonds. The summed E-state index contributed by atoms with van der Waals surface area (Å²) in [7, 11) is 0. The van der Waals surface area contributed by atoms with E-state index in [0.29, 0.717) is 105 Å². The van der Waals surface area contributed by atoms with Crippen molar-refractivity contribution in [2.24, 2.45) is 0 Å². The fourth-order valence-electron chi connectivity index (χ4n) is 10.2. The number of carbonyl (C=O) groups excluding carboxylic acids is 8. The number of rotatable bonds is 56. The van der Waals surface area contributed by atoms with Crippen LogP contribution >= 0.6 is 0 Å². The molecule has 0 aromatic rings. The summed E-state index contributed by atoms with van der Waals surface area (Å²) in [6.45, 7) is 22.1. The van der Waals surface area contributed by atoms with Gasteiger partial charge in [-0.2, -0.15) is 0 Å². The van der Waals surface area contributed by atoms with Crippen molar-refractivity contribution in [3.8, 4) is 0 Å². The van der Waals surface area contributed by atoms with Crippen molar-refractivity contribution in [1.29, 1.82) is 0 Å². The van der Waals surface area contributed by atoms with Crippen molar-refractivity contribution in [1.82, 2.24) is 63.8 Å². The van der Waals surface area contributed by atoms with Crippen LogP contribution in [0.25, 0.3) is 0 Å². The Bertz CT molecular complexity index is 1790. The molecule has 96 heavy (non-hydrogen) atoms. The number of urea groups is 4. The number of unbranched alkanes of at least 4 members (excludes halogenated alkanes) is 16. The summed E-state index contributed by atoms with van der Waals surface area (Å²) < 4.78 is 40.5. The molecule has 0 bridgehead atoms. The first-order valence-electron chi connectivity index (χ1n) is 35.6. The molecule has 0 radical (unpaired) electrons. The highest BCUT2D eigenvalue weighted by atomic mass is 16.6. The molecule has 0 aromatic carbocycles. The molecule has 0 unspecified atom stereocenters. The molecule has 2 aliphatic carbocycles. The second kappa shape index (κ2) is 64.6. The largest absolute Gasteiger partial charge is 0.502 e. The van der Waals surface area contributed by atoms with Crippen molar-refractivity contribution in [3.63, 3.8) is 0 Å². The van der Waals surface area contributed by atoms with Crippen LogP contribution in [0, 0.1) is 0 Å². The number of hydrogen-bond donors (Lipinski definition) is 12. The van der Waals surface area contributed by atoms with Crippen molar-refractivity contribution in [2.45, 2.75) is 230 Å². The van der Waals surface area contributed by atoms with Crippen molar-refractivity contribution in [2.75, 3.05) is 105 Å². The molecule has 4 atom stereocenters. The summed E-state index contributed by atoms with van der Waals surface area (Å²) in [5.41, 5.74) is 0. The number of alkyl carbamates (subject to hydrolysis) is 4. The zero-order valence-corrected chi connectivity index (χ0v) is 57.9. The lowest BCUT2D eigenvalue weighted by Gasteiger charge is -2.32. The molecule has 0 saturated heterocycles. The minimum atomic E-state index is -0.401. The van der Waals surface area contributed by atoms with Crippen LogP contribution in [0.3, 0.4) is 0 Å². The Hall–Kier alpha value is -7.68. The molecule has 2 rings (SSSR count). The van der Waals surface area contributed by atoms with Gasteiger partial charge in [-0.3, -0.25) is 0 Å². The summed E-state index contributed by atoms with van der Waals surface area (Å²) in [5.74, 6) is 0. The Balaban J connectivity index is 0.000000960. The van der Waals surface area contributed by atoms with Gasteiger partial charge in [0.1, 0.15) is 0 Å². The molecular weight excluding hydrogens is 1240 g/mol.